The largest absolute Gasteiger partial charge is 0.397 e. The van der Waals surface area contributed by atoms with Crippen molar-refractivity contribution in [2.75, 3.05) is 11.1 Å². The van der Waals surface area contributed by atoms with Gasteiger partial charge in [0.25, 0.3) is 0 Å². The molecule has 1 aliphatic carbocycles. The number of nitrogens with one attached hydrogen (secondary N) is 1. The Kier molecular flexibility index (Phi) is 4.43. The zero-order valence-electron chi connectivity index (χ0n) is 15.0. The summed E-state index contributed by atoms with van der Waals surface area (Å²) in [7, 11) is -5.22. The summed E-state index contributed by atoms with van der Waals surface area (Å²) in [6, 6.07) is 16.2. The van der Waals surface area contributed by atoms with Crippen LogP contribution in [0.15, 0.2) is 65.6 Å². The molecule has 0 atom stereocenters. The van der Waals surface area contributed by atoms with Gasteiger partial charge in [0.1, 0.15) is 4.90 Å². The Labute approximate surface area is 166 Å². The number of ketones is 2. The lowest BCUT2D eigenvalue weighted by atomic mass is 9.82. The van der Waals surface area contributed by atoms with Gasteiger partial charge < -0.3 is 11.1 Å². The Hall–Kier alpha value is -3.52. The molecule has 0 bridgehead atoms. The van der Waals surface area contributed by atoms with Crippen LogP contribution in [-0.4, -0.2) is 20.0 Å². The zero-order valence-corrected chi connectivity index (χ0v) is 15.8. The highest BCUT2D eigenvalue weighted by atomic mass is 32.3. The highest BCUT2D eigenvalue weighted by Gasteiger charge is 2.36. The molecule has 0 saturated heterocycles. The van der Waals surface area contributed by atoms with Gasteiger partial charge in [-0.25, -0.2) is 0 Å². The fourth-order valence-electron chi connectivity index (χ4n) is 3.43. The van der Waals surface area contributed by atoms with E-state index < -0.39 is 32.4 Å². The van der Waals surface area contributed by atoms with Crippen LogP contribution in [0.25, 0.3) is 0 Å². The third-order valence-corrected chi connectivity index (χ3v) is 5.65. The third-order valence-electron chi connectivity index (χ3n) is 4.79. The summed E-state index contributed by atoms with van der Waals surface area (Å²) in [6.07, 6.45) is 0. The van der Waals surface area contributed by atoms with Crippen molar-refractivity contribution in [2.24, 2.45) is 0 Å². The fraction of sp³-hybridized carbons (Fsp3) is 0.0476. The molecule has 3 aromatic carbocycles. The van der Waals surface area contributed by atoms with Gasteiger partial charge in [-0.3, -0.25) is 9.59 Å². The molecule has 29 heavy (non-hydrogen) atoms. The van der Waals surface area contributed by atoms with Gasteiger partial charge in [-0.2, -0.15) is 8.42 Å². The Morgan fingerprint density at radius 1 is 0.862 bits per heavy atom. The van der Waals surface area contributed by atoms with Gasteiger partial charge in [-0.15, -0.1) is 3.89 Å². The minimum absolute atomic E-state index is 0.0298. The average molecular weight is 410 g/mol. The summed E-state index contributed by atoms with van der Waals surface area (Å²) >= 11 is 0. The van der Waals surface area contributed by atoms with Crippen LogP contribution in [0.4, 0.5) is 15.3 Å². The molecule has 0 heterocycles. The maximum absolute atomic E-state index is 13.9. The molecule has 8 heteroatoms. The van der Waals surface area contributed by atoms with Crippen LogP contribution in [0, 0.1) is 0 Å². The molecule has 0 spiro atoms. The molecule has 0 unspecified atom stereocenters. The molecular weight excluding hydrogens is 395 g/mol. The minimum atomic E-state index is -5.22. The van der Waals surface area contributed by atoms with Crippen molar-refractivity contribution in [3.8, 4) is 0 Å². The predicted molar refractivity (Wildman–Crippen MR) is 106 cm³/mol. The Morgan fingerprint density at radius 2 is 1.41 bits per heavy atom. The van der Waals surface area contributed by atoms with Crippen molar-refractivity contribution in [1.29, 1.82) is 0 Å². The Morgan fingerprint density at radius 3 is 2.00 bits per heavy atom. The van der Waals surface area contributed by atoms with E-state index in [4.69, 9.17) is 5.73 Å². The van der Waals surface area contributed by atoms with Crippen molar-refractivity contribution >= 4 is 33.2 Å². The quantitative estimate of drug-likeness (QED) is 0.395. The van der Waals surface area contributed by atoms with E-state index in [1.807, 2.05) is 30.3 Å². The highest BCUT2D eigenvalue weighted by molar-refractivity contribution is 7.86. The number of hydrogen-bond donors (Lipinski definition) is 2. The first-order valence-corrected chi connectivity index (χ1v) is 10.0. The number of hydrogen-bond acceptors (Lipinski definition) is 6. The number of halogens is 1. The summed E-state index contributed by atoms with van der Waals surface area (Å²) in [5.74, 6) is -1.11. The maximum atomic E-state index is 13.9. The molecule has 0 aromatic heterocycles. The first-order chi connectivity index (χ1) is 13.8. The molecule has 146 valence electrons. The van der Waals surface area contributed by atoms with Crippen LogP contribution >= 0.6 is 0 Å². The van der Waals surface area contributed by atoms with Gasteiger partial charge in [0, 0.05) is 23.4 Å². The molecule has 0 saturated carbocycles. The number of rotatable bonds is 4. The molecule has 4 rings (SSSR count). The molecule has 6 nitrogen and oxygen atoms in total. The summed E-state index contributed by atoms with van der Waals surface area (Å²) < 4.78 is 37.1. The van der Waals surface area contributed by atoms with E-state index in [9.17, 15) is 21.9 Å². The van der Waals surface area contributed by atoms with Crippen molar-refractivity contribution in [1.82, 2.24) is 0 Å². The molecule has 1 aliphatic rings. The zero-order chi connectivity index (χ0) is 20.8. The molecule has 0 fully saturated rings. The summed E-state index contributed by atoms with van der Waals surface area (Å²) in [4.78, 5) is 25.3. The lowest BCUT2D eigenvalue weighted by Gasteiger charge is -2.23. The number of anilines is 2. The second kappa shape index (κ2) is 6.82. The van der Waals surface area contributed by atoms with Crippen LogP contribution in [0.3, 0.4) is 0 Å². The Bertz CT molecular complexity index is 1270. The number of benzene rings is 3. The van der Waals surface area contributed by atoms with Crippen molar-refractivity contribution in [3.05, 3.63) is 88.5 Å². The lowest BCUT2D eigenvalue weighted by molar-refractivity contribution is 0.0980. The van der Waals surface area contributed by atoms with Gasteiger partial charge in [0.15, 0.2) is 11.6 Å². The number of nitrogens with two attached hydrogens (primary N) is 1. The topological polar surface area (TPSA) is 106 Å². The first-order valence-electron chi connectivity index (χ1n) is 8.66. The second-order valence-electron chi connectivity index (χ2n) is 6.57. The number of carbonyl (C=O) groups is 2. The number of carbonyl (C=O) groups excluding carboxylic acids is 2. The van der Waals surface area contributed by atoms with Gasteiger partial charge in [-0.1, -0.05) is 54.6 Å². The highest BCUT2D eigenvalue weighted by Crippen LogP contribution is 2.39. The summed E-state index contributed by atoms with van der Waals surface area (Å²) in [5, 5.41) is 2.95. The normalized spacial score (nSPS) is 13.0. The van der Waals surface area contributed by atoms with Crippen LogP contribution in [0.1, 0.15) is 37.4 Å². The van der Waals surface area contributed by atoms with E-state index in [1.54, 1.807) is 12.1 Å². The number of fused-ring (bicyclic) bond motifs is 2. The maximum Gasteiger partial charge on any atom is 0.334 e. The summed E-state index contributed by atoms with van der Waals surface area (Å²) in [6.45, 7) is 0.228. The molecule has 0 radical (unpaired) electrons. The van der Waals surface area contributed by atoms with E-state index in [0.29, 0.717) is 0 Å². The first kappa shape index (κ1) is 18.8. The molecule has 0 aliphatic heterocycles. The van der Waals surface area contributed by atoms with E-state index >= 15 is 0 Å². The molecule has 0 amide bonds. The van der Waals surface area contributed by atoms with E-state index in [-0.39, 0.29) is 34.5 Å². The van der Waals surface area contributed by atoms with Gasteiger partial charge in [0.05, 0.1) is 16.8 Å². The molecule has 3 N–H and O–H groups in total. The van der Waals surface area contributed by atoms with Crippen LogP contribution in [-0.2, 0) is 16.8 Å². The predicted octanol–water partition coefficient (Wildman–Crippen LogP) is 3.31. The lowest BCUT2D eigenvalue weighted by Crippen LogP contribution is -2.25. The smallest absolute Gasteiger partial charge is 0.334 e. The van der Waals surface area contributed by atoms with Crippen molar-refractivity contribution < 1.29 is 21.9 Å². The van der Waals surface area contributed by atoms with Gasteiger partial charge in [0.2, 0.25) is 0 Å². The monoisotopic (exact) mass is 410 g/mol. The van der Waals surface area contributed by atoms with E-state index in [2.05, 4.69) is 5.32 Å². The molecular formula is C21H15FN2O4S. The minimum Gasteiger partial charge on any atom is -0.397 e. The Balaban J connectivity index is 1.93. The van der Waals surface area contributed by atoms with Crippen molar-refractivity contribution in [3.63, 3.8) is 0 Å². The molecule has 3 aromatic rings. The van der Waals surface area contributed by atoms with Crippen LogP contribution in [0.5, 0.6) is 0 Å². The SMILES string of the molecule is Nc1c(S(=O)(=O)F)cc(NCc2ccccc2)c2c1C(=O)c1ccccc1C2=O. The van der Waals surface area contributed by atoms with Crippen molar-refractivity contribution in [2.45, 2.75) is 11.4 Å². The fourth-order valence-corrected chi connectivity index (χ4v) is 4.05. The van der Waals surface area contributed by atoms with Crippen LogP contribution < -0.4 is 11.1 Å². The summed E-state index contributed by atoms with van der Waals surface area (Å²) in [5.41, 5.74) is 6.08. The third kappa shape index (κ3) is 3.17. The van der Waals surface area contributed by atoms with Gasteiger partial charge >= 0.3 is 10.2 Å². The van der Waals surface area contributed by atoms with E-state index in [0.717, 1.165) is 11.6 Å². The standard InChI is InChI=1S/C21H15FN2O4S/c22-29(27,28)16-10-15(24-11-12-6-2-1-3-7-12)17-18(19(16)23)21(26)14-9-5-4-8-13(14)20(17)25/h1-10,24H,11,23H2. The van der Waals surface area contributed by atoms with Gasteiger partial charge in [-0.05, 0) is 11.6 Å². The second-order valence-corrected chi connectivity index (χ2v) is 7.88. The number of nitrogen functional groups attached to an aromatic ring is 1. The van der Waals surface area contributed by atoms with E-state index in [1.165, 1.54) is 12.1 Å². The average Bonchev–Trinajstić information content (AvgIpc) is 2.70. The van der Waals surface area contributed by atoms with Crippen LogP contribution in [0.2, 0.25) is 0 Å².